The molecule has 7 nitrogen and oxygen atoms in total. The third kappa shape index (κ3) is 4.10. The molecule has 2 amide bonds. The van der Waals surface area contributed by atoms with E-state index < -0.39 is 11.8 Å². The van der Waals surface area contributed by atoms with Gasteiger partial charge < -0.3 is 10.2 Å². The van der Waals surface area contributed by atoms with Crippen molar-refractivity contribution in [1.29, 1.82) is 0 Å². The SMILES string of the molecule is CN(CC(=O)Nc1ccc(Cl)c(Cl)c1)C(=O)c1n[nH]c(=O)c2ccccc12. The van der Waals surface area contributed by atoms with Crippen molar-refractivity contribution in [3.05, 3.63) is 68.6 Å². The van der Waals surface area contributed by atoms with Gasteiger partial charge in [0.2, 0.25) is 5.91 Å². The minimum absolute atomic E-state index is 0.0648. The van der Waals surface area contributed by atoms with Crippen LogP contribution in [-0.2, 0) is 4.79 Å². The van der Waals surface area contributed by atoms with Gasteiger partial charge in [0.05, 0.1) is 22.0 Å². The highest BCUT2D eigenvalue weighted by molar-refractivity contribution is 6.42. The predicted octanol–water partition coefficient (Wildman–Crippen LogP) is 2.94. The number of H-pyrrole nitrogens is 1. The van der Waals surface area contributed by atoms with Crippen molar-refractivity contribution < 1.29 is 9.59 Å². The summed E-state index contributed by atoms with van der Waals surface area (Å²) in [5.41, 5.74) is 0.139. The number of halogens is 2. The Morgan fingerprint density at radius 3 is 2.52 bits per heavy atom. The first-order chi connectivity index (χ1) is 12.9. The van der Waals surface area contributed by atoms with E-state index in [-0.39, 0.29) is 17.8 Å². The van der Waals surface area contributed by atoms with E-state index in [0.717, 1.165) is 0 Å². The van der Waals surface area contributed by atoms with Gasteiger partial charge in [0.25, 0.3) is 11.5 Å². The van der Waals surface area contributed by atoms with Gasteiger partial charge in [-0.3, -0.25) is 14.4 Å². The standard InChI is InChI=1S/C18H14Cl2N4O3/c1-24(9-15(25)21-10-6-7-13(19)14(20)8-10)18(27)16-11-4-2-3-5-12(11)17(26)23-22-16/h2-8H,9H2,1H3,(H,21,25)(H,23,26). The van der Waals surface area contributed by atoms with Crippen LogP contribution in [0.4, 0.5) is 5.69 Å². The molecule has 0 aliphatic carbocycles. The van der Waals surface area contributed by atoms with Crippen molar-refractivity contribution in [3.8, 4) is 0 Å². The summed E-state index contributed by atoms with van der Waals surface area (Å²) in [6.45, 7) is -0.214. The number of hydrogen-bond acceptors (Lipinski definition) is 4. The van der Waals surface area contributed by atoms with Gasteiger partial charge in [-0.15, -0.1) is 0 Å². The first-order valence-electron chi connectivity index (χ1n) is 7.84. The van der Waals surface area contributed by atoms with E-state index in [1.54, 1.807) is 36.4 Å². The van der Waals surface area contributed by atoms with Crippen LogP contribution in [0.25, 0.3) is 10.8 Å². The molecular formula is C18H14Cl2N4O3. The lowest BCUT2D eigenvalue weighted by Gasteiger charge is -2.17. The zero-order valence-electron chi connectivity index (χ0n) is 14.1. The van der Waals surface area contributed by atoms with Crippen molar-refractivity contribution >= 4 is 51.5 Å². The highest BCUT2D eigenvalue weighted by Crippen LogP contribution is 2.25. The fraction of sp³-hybridized carbons (Fsp3) is 0.111. The maximum absolute atomic E-state index is 12.7. The number of aromatic amines is 1. The molecule has 0 radical (unpaired) electrons. The van der Waals surface area contributed by atoms with Gasteiger partial charge >= 0.3 is 0 Å². The smallest absolute Gasteiger partial charge is 0.275 e. The van der Waals surface area contributed by atoms with E-state index in [1.807, 2.05) is 0 Å². The zero-order chi connectivity index (χ0) is 19.6. The number of carbonyl (C=O) groups excluding carboxylic acids is 2. The molecule has 0 atom stereocenters. The Labute approximate surface area is 163 Å². The molecule has 0 fully saturated rings. The molecule has 0 unspecified atom stereocenters. The summed E-state index contributed by atoms with van der Waals surface area (Å²) in [4.78, 5) is 37.9. The van der Waals surface area contributed by atoms with Gasteiger partial charge in [-0.1, -0.05) is 41.4 Å². The number of nitrogens with zero attached hydrogens (tertiary/aromatic N) is 2. The molecule has 0 saturated carbocycles. The van der Waals surface area contributed by atoms with Crippen LogP contribution in [0.3, 0.4) is 0 Å². The first kappa shape index (κ1) is 18.9. The van der Waals surface area contributed by atoms with Crippen molar-refractivity contribution in [2.75, 3.05) is 18.9 Å². The van der Waals surface area contributed by atoms with Gasteiger partial charge in [-0.05, 0) is 24.3 Å². The Balaban J connectivity index is 1.76. The lowest BCUT2D eigenvalue weighted by atomic mass is 10.1. The molecule has 1 aromatic heterocycles. The van der Waals surface area contributed by atoms with Crippen LogP contribution in [0.1, 0.15) is 10.5 Å². The van der Waals surface area contributed by atoms with E-state index in [9.17, 15) is 14.4 Å². The summed E-state index contributed by atoms with van der Waals surface area (Å²) in [7, 11) is 1.47. The topological polar surface area (TPSA) is 95.2 Å². The van der Waals surface area contributed by atoms with E-state index >= 15 is 0 Å². The van der Waals surface area contributed by atoms with Crippen molar-refractivity contribution in [3.63, 3.8) is 0 Å². The third-order valence-electron chi connectivity index (χ3n) is 3.83. The monoisotopic (exact) mass is 404 g/mol. The molecule has 9 heteroatoms. The molecule has 0 aliphatic heterocycles. The van der Waals surface area contributed by atoms with E-state index in [1.165, 1.54) is 18.0 Å². The quantitative estimate of drug-likeness (QED) is 0.698. The summed E-state index contributed by atoms with van der Waals surface area (Å²) < 4.78 is 0. The van der Waals surface area contributed by atoms with Crippen LogP contribution >= 0.6 is 23.2 Å². The van der Waals surface area contributed by atoms with Crippen molar-refractivity contribution in [2.45, 2.75) is 0 Å². The number of nitrogens with one attached hydrogen (secondary N) is 2. The maximum Gasteiger partial charge on any atom is 0.275 e. The fourth-order valence-electron chi connectivity index (χ4n) is 2.52. The van der Waals surface area contributed by atoms with Gasteiger partial charge in [-0.25, -0.2) is 5.10 Å². The van der Waals surface area contributed by atoms with Crippen LogP contribution in [0.15, 0.2) is 47.3 Å². The van der Waals surface area contributed by atoms with Crippen molar-refractivity contribution in [1.82, 2.24) is 15.1 Å². The average Bonchev–Trinajstić information content (AvgIpc) is 2.64. The van der Waals surface area contributed by atoms with E-state index in [0.29, 0.717) is 26.5 Å². The van der Waals surface area contributed by atoms with Crippen LogP contribution < -0.4 is 10.9 Å². The molecule has 138 valence electrons. The van der Waals surface area contributed by atoms with E-state index in [2.05, 4.69) is 15.5 Å². The number of carbonyl (C=O) groups is 2. The average molecular weight is 405 g/mol. The third-order valence-corrected chi connectivity index (χ3v) is 4.57. The van der Waals surface area contributed by atoms with Crippen molar-refractivity contribution in [2.24, 2.45) is 0 Å². The number of anilines is 1. The van der Waals surface area contributed by atoms with Crippen LogP contribution in [0.5, 0.6) is 0 Å². The fourth-order valence-corrected chi connectivity index (χ4v) is 2.82. The number of hydrogen-bond donors (Lipinski definition) is 2. The molecule has 27 heavy (non-hydrogen) atoms. The lowest BCUT2D eigenvalue weighted by molar-refractivity contribution is -0.116. The second kappa shape index (κ2) is 7.77. The molecular weight excluding hydrogens is 391 g/mol. The summed E-state index contributed by atoms with van der Waals surface area (Å²) in [5.74, 6) is -0.912. The van der Waals surface area contributed by atoms with Gasteiger partial charge in [0, 0.05) is 18.1 Å². The molecule has 3 rings (SSSR count). The highest BCUT2D eigenvalue weighted by atomic mass is 35.5. The minimum Gasteiger partial charge on any atom is -0.331 e. The molecule has 1 heterocycles. The van der Waals surface area contributed by atoms with E-state index in [4.69, 9.17) is 23.2 Å². The summed E-state index contributed by atoms with van der Waals surface area (Å²) in [6, 6.07) is 11.3. The molecule has 2 aromatic carbocycles. The largest absolute Gasteiger partial charge is 0.331 e. The normalized spacial score (nSPS) is 10.6. The molecule has 0 saturated heterocycles. The Morgan fingerprint density at radius 2 is 1.81 bits per heavy atom. The molecule has 0 spiro atoms. The number of aromatic nitrogens is 2. The minimum atomic E-state index is -0.494. The maximum atomic E-state index is 12.7. The predicted molar refractivity (Wildman–Crippen MR) is 104 cm³/mol. The Morgan fingerprint density at radius 1 is 1.11 bits per heavy atom. The molecule has 3 aromatic rings. The number of amides is 2. The first-order valence-corrected chi connectivity index (χ1v) is 8.60. The highest BCUT2D eigenvalue weighted by Gasteiger charge is 2.20. The summed E-state index contributed by atoms with van der Waals surface area (Å²) in [6.07, 6.45) is 0. The lowest BCUT2D eigenvalue weighted by Crippen LogP contribution is -2.36. The Bertz CT molecular complexity index is 1100. The summed E-state index contributed by atoms with van der Waals surface area (Å²) in [5, 5.41) is 10.2. The number of likely N-dealkylation sites (N-methyl/N-ethyl adjacent to an activating group) is 1. The second-order valence-corrected chi connectivity index (χ2v) is 6.60. The number of fused-ring (bicyclic) bond motifs is 1. The summed E-state index contributed by atoms with van der Waals surface area (Å²) >= 11 is 11.8. The van der Waals surface area contributed by atoms with Crippen LogP contribution in [0, 0.1) is 0 Å². The Kier molecular flexibility index (Phi) is 5.43. The Hall–Kier alpha value is -2.90. The number of rotatable bonds is 4. The molecule has 2 N–H and O–H groups in total. The second-order valence-electron chi connectivity index (χ2n) is 5.79. The molecule has 0 aliphatic rings. The van der Waals surface area contributed by atoms with Crippen LogP contribution in [-0.4, -0.2) is 40.5 Å². The number of benzene rings is 2. The van der Waals surface area contributed by atoms with Gasteiger partial charge in [-0.2, -0.15) is 5.10 Å². The molecule has 0 bridgehead atoms. The van der Waals surface area contributed by atoms with Crippen LogP contribution in [0.2, 0.25) is 10.0 Å². The zero-order valence-corrected chi connectivity index (χ0v) is 15.6. The van der Waals surface area contributed by atoms with Gasteiger partial charge in [0.15, 0.2) is 5.69 Å². The van der Waals surface area contributed by atoms with Gasteiger partial charge in [0.1, 0.15) is 0 Å².